The van der Waals surface area contributed by atoms with Crippen LogP contribution in [0, 0.1) is 0 Å². The van der Waals surface area contributed by atoms with Gasteiger partial charge in [0.15, 0.2) is 0 Å². The summed E-state index contributed by atoms with van der Waals surface area (Å²) in [6.07, 6.45) is 2.99. The van der Waals surface area contributed by atoms with Crippen molar-refractivity contribution in [1.82, 2.24) is 15.6 Å². The number of aromatic nitrogens is 1. The summed E-state index contributed by atoms with van der Waals surface area (Å²) in [5.74, 6) is -0.00794. The second-order valence-corrected chi connectivity index (χ2v) is 6.68. The van der Waals surface area contributed by atoms with Crippen LogP contribution in [-0.2, 0) is 11.4 Å². The van der Waals surface area contributed by atoms with E-state index < -0.39 is 23.9 Å². The lowest BCUT2D eigenvalue weighted by Crippen LogP contribution is -2.22. The van der Waals surface area contributed by atoms with Crippen molar-refractivity contribution in [2.75, 3.05) is 0 Å². The number of benzene rings is 2. The Bertz CT molecular complexity index is 1150. The maximum atomic E-state index is 12.0. The number of carbonyl (C=O) groups excluding carboxylic acids is 2. The molecule has 0 saturated carbocycles. The van der Waals surface area contributed by atoms with E-state index in [1.807, 2.05) is 0 Å². The van der Waals surface area contributed by atoms with E-state index in [0.717, 1.165) is 5.56 Å². The summed E-state index contributed by atoms with van der Waals surface area (Å²) < 4.78 is 11.6. The zero-order valence-corrected chi connectivity index (χ0v) is 16.1. The Hall–Kier alpha value is -4.40. The van der Waals surface area contributed by atoms with Gasteiger partial charge >= 0.3 is 12.0 Å². The number of aromatic carboxylic acids is 1. The summed E-state index contributed by atoms with van der Waals surface area (Å²) in [5.41, 5.74) is 1.37. The SMILES string of the molecule is O=C1NC(=O)C(c2cnccc2Oc2ccc(OCc3cccc(C(=O)O)c3)cc2)N1. The molecule has 1 aliphatic rings. The molecule has 2 heterocycles. The van der Waals surface area contributed by atoms with Gasteiger partial charge in [-0.3, -0.25) is 15.1 Å². The third-order valence-electron chi connectivity index (χ3n) is 4.53. The first kappa shape index (κ1) is 19.9. The first-order valence-corrected chi connectivity index (χ1v) is 9.28. The number of carbonyl (C=O) groups is 3. The molecule has 1 fully saturated rings. The number of nitrogens with zero attached hydrogens (tertiary/aromatic N) is 1. The molecule has 1 aliphatic heterocycles. The number of ether oxygens (including phenoxy) is 2. The maximum Gasteiger partial charge on any atom is 0.335 e. The van der Waals surface area contributed by atoms with E-state index in [-0.39, 0.29) is 12.2 Å². The fraction of sp³-hybridized carbons (Fsp3) is 0.0909. The quantitative estimate of drug-likeness (QED) is 0.502. The molecule has 31 heavy (non-hydrogen) atoms. The van der Waals surface area contributed by atoms with Gasteiger partial charge in [0.1, 0.15) is 29.9 Å². The van der Waals surface area contributed by atoms with E-state index in [1.165, 1.54) is 18.5 Å². The van der Waals surface area contributed by atoms with Crippen molar-refractivity contribution in [2.24, 2.45) is 0 Å². The van der Waals surface area contributed by atoms with Crippen LogP contribution in [0.3, 0.4) is 0 Å². The second kappa shape index (κ2) is 8.54. The number of carboxylic acids is 1. The van der Waals surface area contributed by atoms with Crippen LogP contribution in [0.15, 0.2) is 67.0 Å². The van der Waals surface area contributed by atoms with Gasteiger partial charge in [-0.15, -0.1) is 0 Å². The highest BCUT2D eigenvalue weighted by molar-refractivity contribution is 6.04. The lowest BCUT2D eigenvalue weighted by Gasteiger charge is -2.14. The number of hydrogen-bond acceptors (Lipinski definition) is 6. The molecule has 1 saturated heterocycles. The van der Waals surface area contributed by atoms with Gasteiger partial charge in [-0.2, -0.15) is 0 Å². The molecule has 3 aromatic rings. The van der Waals surface area contributed by atoms with Crippen molar-refractivity contribution in [3.05, 3.63) is 83.7 Å². The third-order valence-corrected chi connectivity index (χ3v) is 4.53. The van der Waals surface area contributed by atoms with Gasteiger partial charge in [0, 0.05) is 18.0 Å². The fourth-order valence-electron chi connectivity index (χ4n) is 3.03. The van der Waals surface area contributed by atoms with Crippen LogP contribution in [0.1, 0.15) is 27.5 Å². The monoisotopic (exact) mass is 419 g/mol. The molecule has 0 bridgehead atoms. The normalized spacial score (nSPS) is 15.2. The van der Waals surface area contributed by atoms with Crippen LogP contribution in [0.4, 0.5) is 4.79 Å². The molecule has 1 aromatic heterocycles. The van der Waals surface area contributed by atoms with Crippen molar-refractivity contribution in [3.63, 3.8) is 0 Å². The summed E-state index contributed by atoms with van der Waals surface area (Å²) in [6.45, 7) is 0.215. The predicted molar refractivity (Wildman–Crippen MR) is 108 cm³/mol. The summed E-state index contributed by atoms with van der Waals surface area (Å²) in [4.78, 5) is 38.4. The van der Waals surface area contributed by atoms with Crippen molar-refractivity contribution in [3.8, 4) is 17.2 Å². The van der Waals surface area contributed by atoms with E-state index >= 15 is 0 Å². The largest absolute Gasteiger partial charge is 0.489 e. The summed E-state index contributed by atoms with van der Waals surface area (Å²) in [7, 11) is 0. The Labute approximate surface area is 176 Å². The summed E-state index contributed by atoms with van der Waals surface area (Å²) >= 11 is 0. The lowest BCUT2D eigenvalue weighted by atomic mass is 10.1. The average molecular weight is 419 g/mol. The molecular formula is C22H17N3O6. The number of carboxylic acid groups (broad SMARTS) is 1. The van der Waals surface area contributed by atoms with E-state index in [9.17, 15) is 14.4 Å². The maximum absolute atomic E-state index is 12.0. The Morgan fingerprint density at radius 2 is 1.84 bits per heavy atom. The lowest BCUT2D eigenvalue weighted by molar-refractivity contribution is -0.120. The number of rotatable bonds is 7. The molecule has 0 spiro atoms. The molecule has 3 N–H and O–H groups in total. The first-order chi connectivity index (χ1) is 15.0. The van der Waals surface area contributed by atoms with Crippen molar-refractivity contribution >= 4 is 17.9 Å². The van der Waals surface area contributed by atoms with Gasteiger partial charge < -0.3 is 19.9 Å². The van der Waals surface area contributed by atoms with Crippen LogP contribution in [0.5, 0.6) is 17.2 Å². The van der Waals surface area contributed by atoms with Gasteiger partial charge in [0.05, 0.1) is 5.56 Å². The number of imide groups is 1. The molecule has 2 aromatic carbocycles. The Morgan fingerprint density at radius 3 is 2.55 bits per heavy atom. The molecule has 3 amide bonds. The zero-order valence-electron chi connectivity index (χ0n) is 16.1. The number of nitrogens with one attached hydrogen (secondary N) is 2. The molecule has 0 radical (unpaired) electrons. The van der Waals surface area contributed by atoms with Crippen LogP contribution in [0.2, 0.25) is 0 Å². The number of hydrogen-bond donors (Lipinski definition) is 3. The molecule has 4 rings (SSSR count). The fourth-order valence-corrected chi connectivity index (χ4v) is 3.03. The predicted octanol–water partition coefficient (Wildman–Crippen LogP) is 3.03. The topological polar surface area (TPSA) is 127 Å². The molecule has 156 valence electrons. The minimum atomic E-state index is -0.992. The van der Waals surface area contributed by atoms with Crippen LogP contribution in [-0.4, -0.2) is 28.0 Å². The zero-order chi connectivity index (χ0) is 21.8. The van der Waals surface area contributed by atoms with Gasteiger partial charge in [0.2, 0.25) is 0 Å². The minimum absolute atomic E-state index is 0.199. The second-order valence-electron chi connectivity index (χ2n) is 6.68. The highest BCUT2D eigenvalue weighted by Gasteiger charge is 2.33. The van der Waals surface area contributed by atoms with Crippen molar-refractivity contribution < 1.29 is 29.0 Å². The Kier molecular flexibility index (Phi) is 5.48. The number of amides is 3. The molecule has 9 nitrogen and oxygen atoms in total. The summed E-state index contributed by atoms with van der Waals surface area (Å²) in [5, 5.41) is 13.8. The van der Waals surface area contributed by atoms with E-state index in [4.69, 9.17) is 14.6 Å². The third kappa shape index (κ3) is 4.61. The van der Waals surface area contributed by atoms with Gasteiger partial charge in [0.25, 0.3) is 5.91 Å². The smallest absolute Gasteiger partial charge is 0.335 e. The van der Waals surface area contributed by atoms with Crippen LogP contribution in [0.25, 0.3) is 0 Å². The van der Waals surface area contributed by atoms with Crippen LogP contribution >= 0.6 is 0 Å². The number of urea groups is 1. The molecule has 1 atom stereocenters. The molecule has 1 unspecified atom stereocenters. The van der Waals surface area contributed by atoms with Crippen molar-refractivity contribution in [1.29, 1.82) is 0 Å². The standard InChI is InChI=1S/C22H17N3O6/c26-20-19(24-22(29)25-20)17-11-23-9-8-18(17)31-16-6-4-15(5-7-16)30-12-13-2-1-3-14(10-13)21(27)28/h1-11,19H,12H2,(H,27,28)(H2,24,25,26,29). The summed E-state index contributed by atoms with van der Waals surface area (Å²) in [6, 6.07) is 13.5. The van der Waals surface area contributed by atoms with Gasteiger partial charge in [-0.1, -0.05) is 12.1 Å². The van der Waals surface area contributed by atoms with E-state index in [2.05, 4.69) is 15.6 Å². The highest BCUT2D eigenvalue weighted by Crippen LogP contribution is 2.31. The number of pyridine rings is 1. The van der Waals surface area contributed by atoms with Crippen LogP contribution < -0.4 is 20.1 Å². The highest BCUT2D eigenvalue weighted by atomic mass is 16.5. The minimum Gasteiger partial charge on any atom is -0.489 e. The Morgan fingerprint density at radius 1 is 1.06 bits per heavy atom. The molecule has 9 heteroatoms. The van der Waals surface area contributed by atoms with Crippen molar-refractivity contribution in [2.45, 2.75) is 12.6 Å². The Balaban J connectivity index is 1.43. The van der Waals surface area contributed by atoms with Gasteiger partial charge in [-0.05, 0) is 48.0 Å². The van der Waals surface area contributed by atoms with E-state index in [0.29, 0.717) is 22.8 Å². The van der Waals surface area contributed by atoms with E-state index in [1.54, 1.807) is 48.5 Å². The molecular weight excluding hydrogens is 402 g/mol. The average Bonchev–Trinajstić information content (AvgIpc) is 3.11. The first-order valence-electron chi connectivity index (χ1n) is 9.28. The van der Waals surface area contributed by atoms with Gasteiger partial charge in [-0.25, -0.2) is 9.59 Å². The molecule has 0 aliphatic carbocycles.